The van der Waals surface area contributed by atoms with Crippen LogP contribution in [0.25, 0.3) is 11.0 Å². The van der Waals surface area contributed by atoms with Gasteiger partial charge in [0.2, 0.25) is 0 Å². The Morgan fingerprint density at radius 3 is 2.74 bits per heavy atom. The minimum Gasteiger partial charge on any atom is -0.340 e. The molecule has 0 radical (unpaired) electrons. The molecule has 1 saturated heterocycles. The van der Waals surface area contributed by atoms with Crippen molar-refractivity contribution in [3.63, 3.8) is 0 Å². The first-order valence-corrected chi connectivity index (χ1v) is 8.11. The number of rotatable bonds is 2. The highest BCUT2D eigenvalue weighted by atomic mass is 35.5. The second kappa shape index (κ2) is 5.70. The van der Waals surface area contributed by atoms with Gasteiger partial charge in [0.25, 0.3) is 5.91 Å². The van der Waals surface area contributed by atoms with E-state index in [1.807, 2.05) is 29.2 Å². The number of hydrogen-bond acceptors (Lipinski definition) is 2. The molecule has 1 aromatic heterocycles. The van der Waals surface area contributed by atoms with Gasteiger partial charge in [0, 0.05) is 17.1 Å². The molecule has 4 rings (SSSR count). The smallest absolute Gasteiger partial charge is 0.254 e. The lowest BCUT2D eigenvalue weighted by molar-refractivity contribution is 0.0730. The fraction of sp³-hybridized carbons (Fsp3) is 0.222. The van der Waals surface area contributed by atoms with Gasteiger partial charge in [-0.3, -0.25) is 4.79 Å². The average molecular weight is 326 g/mol. The Morgan fingerprint density at radius 2 is 1.96 bits per heavy atom. The standard InChI is InChI=1S/C18H16ClN3O/c19-13-9-7-12(8-10-13)18(23)22-11-3-6-16(22)17-20-14-4-1-2-5-15(14)21-17/h1-2,4-5,7-10,16H,3,6,11H2,(H,20,21)/t16-/m1/s1. The minimum atomic E-state index is 0.00516. The van der Waals surface area contributed by atoms with Gasteiger partial charge in [-0.2, -0.15) is 0 Å². The Labute approximate surface area is 139 Å². The van der Waals surface area contributed by atoms with Crippen LogP contribution >= 0.6 is 11.6 Å². The molecule has 2 heterocycles. The van der Waals surface area contributed by atoms with Crippen LogP contribution in [0.1, 0.15) is 35.1 Å². The second-order valence-electron chi connectivity index (χ2n) is 5.80. The van der Waals surface area contributed by atoms with Crippen molar-refractivity contribution in [2.24, 2.45) is 0 Å². The summed E-state index contributed by atoms with van der Waals surface area (Å²) in [6, 6.07) is 15.0. The summed E-state index contributed by atoms with van der Waals surface area (Å²) in [6.45, 7) is 0.753. The maximum absolute atomic E-state index is 12.8. The van der Waals surface area contributed by atoms with Crippen molar-refractivity contribution in [2.75, 3.05) is 6.54 Å². The van der Waals surface area contributed by atoms with Crippen LogP contribution in [-0.2, 0) is 0 Å². The maximum Gasteiger partial charge on any atom is 0.254 e. The van der Waals surface area contributed by atoms with Gasteiger partial charge in [-0.1, -0.05) is 23.7 Å². The number of amides is 1. The monoisotopic (exact) mass is 325 g/mol. The molecule has 4 nitrogen and oxygen atoms in total. The predicted octanol–water partition coefficient (Wildman–Crippen LogP) is 4.19. The first kappa shape index (κ1) is 14.3. The molecule has 116 valence electrons. The molecule has 1 atom stereocenters. The summed E-state index contributed by atoms with van der Waals surface area (Å²) < 4.78 is 0. The van der Waals surface area contributed by atoms with Crippen molar-refractivity contribution in [2.45, 2.75) is 18.9 Å². The van der Waals surface area contributed by atoms with Gasteiger partial charge in [-0.25, -0.2) is 4.98 Å². The molecule has 1 N–H and O–H groups in total. The first-order valence-electron chi connectivity index (χ1n) is 7.73. The van der Waals surface area contributed by atoms with Crippen LogP contribution in [-0.4, -0.2) is 27.3 Å². The maximum atomic E-state index is 12.8. The number of nitrogens with zero attached hydrogens (tertiary/aromatic N) is 2. The van der Waals surface area contributed by atoms with Gasteiger partial charge in [0.15, 0.2) is 0 Å². The Hall–Kier alpha value is -2.33. The van der Waals surface area contributed by atoms with E-state index in [-0.39, 0.29) is 11.9 Å². The van der Waals surface area contributed by atoms with E-state index in [1.165, 1.54) is 0 Å². The van der Waals surface area contributed by atoms with Gasteiger partial charge in [-0.15, -0.1) is 0 Å². The number of hydrogen-bond donors (Lipinski definition) is 1. The lowest BCUT2D eigenvalue weighted by Gasteiger charge is -2.23. The van der Waals surface area contributed by atoms with Crippen molar-refractivity contribution >= 4 is 28.5 Å². The van der Waals surface area contributed by atoms with Gasteiger partial charge < -0.3 is 9.88 Å². The van der Waals surface area contributed by atoms with Crippen LogP contribution in [0.4, 0.5) is 0 Å². The molecule has 1 aliphatic rings. The zero-order chi connectivity index (χ0) is 15.8. The Kier molecular flexibility index (Phi) is 3.54. The van der Waals surface area contributed by atoms with Gasteiger partial charge >= 0.3 is 0 Å². The van der Waals surface area contributed by atoms with E-state index < -0.39 is 0 Å². The normalized spacial score (nSPS) is 17.8. The second-order valence-corrected chi connectivity index (χ2v) is 6.24. The summed E-state index contributed by atoms with van der Waals surface area (Å²) >= 11 is 5.91. The van der Waals surface area contributed by atoms with E-state index in [0.717, 1.165) is 36.2 Å². The highest BCUT2D eigenvalue weighted by molar-refractivity contribution is 6.30. The van der Waals surface area contributed by atoms with E-state index in [4.69, 9.17) is 11.6 Å². The summed E-state index contributed by atoms with van der Waals surface area (Å²) in [5, 5.41) is 0.636. The molecule has 0 spiro atoms. The van der Waals surface area contributed by atoms with Crippen molar-refractivity contribution in [1.82, 2.24) is 14.9 Å². The SMILES string of the molecule is O=C(c1ccc(Cl)cc1)N1CCC[C@@H]1c1nc2ccccc2[nH]1. The number of H-pyrrole nitrogens is 1. The number of fused-ring (bicyclic) bond motifs is 1. The van der Waals surface area contributed by atoms with Gasteiger partial charge in [0.1, 0.15) is 5.82 Å². The average Bonchev–Trinajstić information content (AvgIpc) is 3.21. The molecule has 23 heavy (non-hydrogen) atoms. The number of aromatic amines is 1. The minimum absolute atomic E-state index is 0.00516. The zero-order valence-electron chi connectivity index (χ0n) is 12.5. The fourth-order valence-electron chi connectivity index (χ4n) is 3.18. The molecular weight excluding hydrogens is 310 g/mol. The number of halogens is 1. The summed E-state index contributed by atoms with van der Waals surface area (Å²) in [6.07, 6.45) is 1.92. The third-order valence-electron chi connectivity index (χ3n) is 4.33. The van der Waals surface area contributed by atoms with Crippen LogP contribution < -0.4 is 0 Å². The topological polar surface area (TPSA) is 49.0 Å². The molecular formula is C18H16ClN3O. The highest BCUT2D eigenvalue weighted by Crippen LogP contribution is 2.32. The van der Waals surface area contributed by atoms with Gasteiger partial charge in [0.05, 0.1) is 17.1 Å². The number of carbonyl (C=O) groups is 1. The van der Waals surface area contributed by atoms with E-state index in [9.17, 15) is 4.79 Å². The zero-order valence-corrected chi connectivity index (χ0v) is 13.3. The molecule has 0 bridgehead atoms. The summed E-state index contributed by atoms with van der Waals surface area (Å²) in [5.74, 6) is 0.899. The van der Waals surface area contributed by atoms with E-state index in [0.29, 0.717) is 10.6 Å². The molecule has 3 aromatic rings. The molecule has 0 aliphatic carbocycles. The van der Waals surface area contributed by atoms with Crippen LogP contribution in [0.3, 0.4) is 0 Å². The Balaban J connectivity index is 1.65. The molecule has 5 heteroatoms. The molecule has 1 amide bonds. The van der Waals surface area contributed by atoms with E-state index >= 15 is 0 Å². The van der Waals surface area contributed by atoms with E-state index in [2.05, 4.69) is 9.97 Å². The van der Waals surface area contributed by atoms with Crippen LogP contribution in [0, 0.1) is 0 Å². The van der Waals surface area contributed by atoms with E-state index in [1.54, 1.807) is 24.3 Å². The summed E-state index contributed by atoms with van der Waals surface area (Å²) in [4.78, 5) is 22.7. The quantitative estimate of drug-likeness (QED) is 0.768. The van der Waals surface area contributed by atoms with Crippen LogP contribution in [0.5, 0.6) is 0 Å². The fourth-order valence-corrected chi connectivity index (χ4v) is 3.31. The number of nitrogens with one attached hydrogen (secondary N) is 1. The predicted molar refractivity (Wildman–Crippen MR) is 90.6 cm³/mol. The largest absolute Gasteiger partial charge is 0.340 e. The van der Waals surface area contributed by atoms with Crippen molar-refractivity contribution < 1.29 is 4.79 Å². The van der Waals surface area contributed by atoms with Crippen molar-refractivity contribution in [3.05, 3.63) is 64.9 Å². The third kappa shape index (κ3) is 2.59. The Bertz CT molecular complexity index is 823. The number of aromatic nitrogens is 2. The van der Waals surface area contributed by atoms with Crippen LogP contribution in [0.15, 0.2) is 48.5 Å². The lowest BCUT2D eigenvalue weighted by Crippen LogP contribution is -2.31. The summed E-state index contributed by atoms with van der Waals surface area (Å²) in [5.41, 5.74) is 2.61. The number of likely N-dealkylation sites (tertiary alicyclic amines) is 1. The first-order chi connectivity index (χ1) is 11.2. The lowest BCUT2D eigenvalue weighted by atomic mass is 10.1. The number of benzene rings is 2. The molecule has 0 saturated carbocycles. The van der Waals surface area contributed by atoms with Crippen molar-refractivity contribution in [3.8, 4) is 0 Å². The number of imidazole rings is 1. The molecule has 2 aromatic carbocycles. The summed E-state index contributed by atoms with van der Waals surface area (Å²) in [7, 11) is 0. The third-order valence-corrected chi connectivity index (χ3v) is 4.58. The van der Waals surface area contributed by atoms with Crippen molar-refractivity contribution in [1.29, 1.82) is 0 Å². The molecule has 1 fully saturated rings. The highest BCUT2D eigenvalue weighted by Gasteiger charge is 2.32. The van der Waals surface area contributed by atoms with Crippen LogP contribution in [0.2, 0.25) is 5.02 Å². The number of para-hydroxylation sites is 2. The Morgan fingerprint density at radius 1 is 1.17 bits per heavy atom. The number of carbonyl (C=O) groups excluding carboxylic acids is 1. The molecule has 0 unspecified atom stereocenters. The van der Waals surface area contributed by atoms with Gasteiger partial charge in [-0.05, 0) is 49.2 Å². The molecule has 1 aliphatic heterocycles.